The van der Waals surface area contributed by atoms with Crippen molar-refractivity contribution in [1.29, 1.82) is 0 Å². The molecule has 0 spiro atoms. The number of ether oxygens (including phenoxy) is 3. The van der Waals surface area contributed by atoms with E-state index in [9.17, 15) is 18.5 Å². The van der Waals surface area contributed by atoms with Gasteiger partial charge < -0.3 is 14.2 Å². The number of nitro groups is 1. The van der Waals surface area contributed by atoms with Gasteiger partial charge in [0, 0.05) is 11.6 Å². The van der Waals surface area contributed by atoms with E-state index < -0.39 is 20.6 Å². The number of primary sulfonamides is 1. The van der Waals surface area contributed by atoms with E-state index in [1.165, 1.54) is 27.4 Å². The van der Waals surface area contributed by atoms with Gasteiger partial charge in [0.2, 0.25) is 15.8 Å². The zero-order valence-corrected chi connectivity index (χ0v) is 16.9. The molecular weight excluding hydrogens is 404 g/mol. The fourth-order valence-corrected chi connectivity index (χ4v) is 2.97. The molecule has 0 bridgehead atoms. The maximum absolute atomic E-state index is 11.4. The number of hydrogen-bond donors (Lipinski definition) is 2. The van der Waals surface area contributed by atoms with Crippen LogP contribution in [0.4, 0.5) is 11.4 Å². The number of nitro benzene ring substituents is 1. The van der Waals surface area contributed by atoms with Crippen LogP contribution in [-0.2, 0) is 10.0 Å². The molecule has 0 unspecified atom stereocenters. The van der Waals surface area contributed by atoms with Gasteiger partial charge in [-0.2, -0.15) is 5.10 Å². The summed E-state index contributed by atoms with van der Waals surface area (Å²) in [5.74, 6) is 1.24. The Kier molecular flexibility index (Phi) is 6.61. The molecule has 2 aromatic rings. The zero-order valence-electron chi connectivity index (χ0n) is 16.1. The highest BCUT2D eigenvalue weighted by atomic mass is 32.2. The van der Waals surface area contributed by atoms with Crippen LogP contribution < -0.4 is 24.8 Å². The van der Waals surface area contributed by atoms with E-state index in [1.807, 2.05) is 0 Å². The van der Waals surface area contributed by atoms with Crippen molar-refractivity contribution in [2.24, 2.45) is 10.2 Å². The number of anilines is 1. The number of benzene rings is 2. The number of nitrogens with zero attached hydrogens (tertiary/aromatic N) is 2. The average molecular weight is 424 g/mol. The largest absolute Gasteiger partial charge is 0.493 e. The Hall–Kier alpha value is -3.38. The molecule has 3 N–H and O–H groups in total. The Morgan fingerprint density at radius 3 is 2.14 bits per heavy atom. The van der Waals surface area contributed by atoms with Crippen molar-refractivity contribution < 1.29 is 27.6 Å². The molecule has 0 fully saturated rings. The topological polar surface area (TPSA) is 155 Å². The number of rotatable bonds is 8. The number of nitrogens with two attached hydrogens (primary N) is 1. The van der Waals surface area contributed by atoms with Gasteiger partial charge in [-0.15, -0.1) is 0 Å². The van der Waals surface area contributed by atoms with Crippen molar-refractivity contribution >= 4 is 27.1 Å². The number of hydrazone groups is 1. The maximum Gasteiger partial charge on any atom is 0.295 e. The molecule has 2 rings (SSSR count). The van der Waals surface area contributed by atoms with Crippen LogP contribution >= 0.6 is 0 Å². The van der Waals surface area contributed by atoms with E-state index >= 15 is 0 Å². The van der Waals surface area contributed by atoms with Crippen molar-refractivity contribution in [2.45, 2.75) is 11.8 Å². The first-order valence-electron chi connectivity index (χ1n) is 8.04. The van der Waals surface area contributed by atoms with Crippen LogP contribution in [0.5, 0.6) is 17.2 Å². The number of sulfonamides is 1. The second-order valence-electron chi connectivity index (χ2n) is 5.70. The van der Waals surface area contributed by atoms with Gasteiger partial charge in [0.25, 0.3) is 5.69 Å². The first-order valence-corrected chi connectivity index (χ1v) is 9.59. The molecule has 0 aliphatic rings. The summed E-state index contributed by atoms with van der Waals surface area (Å²) in [4.78, 5) is 10.2. The second kappa shape index (κ2) is 8.75. The highest BCUT2D eigenvalue weighted by Gasteiger charge is 2.19. The third-order valence-electron chi connectivity index (χ3n) is 3.92. The van der Waals surface area contributed by atoms with E-state index in [4.69, 9.17) is 19.3 Å². The van der Waals surface area contributed by atoms with Crippen molar-refractivity contribution in [2.75, 3.05) is 26.8 Å². The second-order valence-corrected chi connectivity index (χ2v) is 7.27. The Labute approximate surface area is 167 Å². The van der Waals surface area contributed by atoms with Crippen LogP contribution in [0.25, 0.3) is 0 Å². The molecule has 0 amide bonds. The van der Waals surface area contributed by atoms with Crippen molar-refractivity contribution in [3.63, 3.8) is 0 Å². The van der Waals surface area contributed by atoms with Gasteiger partial charge in [-0.25, -0.2) is 13.6 Å². The standard InChI is InChI=1S/C17H20N4O7S/c1-10(11-7-15(26-2)17(28-4)16(8-11)27-3)19-20-13-6-5-12(29(18,24)25)9-14(13)21(22)23/h5-9,20H,1-4H3,(H2,18,24,25)/b19-10-. The smallest absolute Gasteiger partial charge is 0.295 e. The lowest BCUT2D eigenvalue weighted by atomic mass is 10.1. The van der Waals surface area contributed by atoms with Crippen LogP contribution in [0.3, 0.4) is 0 Å². The van der Waals surface area contributed by atoms with Crippen LogP contribution in [0, 0.1) is 10.1 Å². The molecule has 0 radical (unpaired) electrons. The lowest BCUT2D eigenvalue weighted by molar-refractivity contribution is -0.384. The molecule has 156 valence electrons. The Balaban J connectivity index is 2.43. The van der Waals surface area contributed by atoms with Crippen molar-refractivity contribution in [1.82, 2.24) is 0 Å². The van der Waals surface area contributed by atoms with Gasteiger partial charge in [0.1, 0.15) is 5.69 Å². The fraction of sp³-hybridized carbons (Fsp3) is 0.235. The highest BCUT2D eigenvalue weighted by molar-refractivity contribution is 7.89. The monoisotopic (exact) mass is 424 g/mol. The van der Waals surface area contributed by atoms with Crippen LogP contribution in [-0.4, -0.2) is 40.4 Å². The minimum Gasteiger partial charge on any atom is -0.493 e. The lowest BCUT2D eigenvalue weighted by Crippen LogP contribution is -2.12. The van der Waals surface area contributed by atoms with Gasteiger partial charge >= 0.3 is 0 Å². The fourth-order valence-electron chi connectivity index (χ4n) is 2.43. The minimum atomic E-state index is -4.08. The van der Waals surface area contributed by atoms with Gasteiger partial charge in [0.05, 0.1) is 36.9 Å². The minimum absolute atomic E-state index is 0.00538. The molecule has 0 saturated heterocycles. The van der Waals surface area contributed by atoms with Crippen LogP contribution in [0.15, 0.2) is 40.3 Å². The van der Waals surface area contributed by atoms with E-state index in [0.717, 1.165) is 12.1 Å². The summed E-state index contributed by atoms with van der Waals surface area (Å²) in [6.45, 7) is 1.66. The summed E-state index contributed by atoms with van der Waals surface area (Å²) in [7, 11) is 0.348. The first kappa shape index (κ1) is 21.9. The summed E-state index contributed by atoms with van der Waals surface area (Å²) in [6, 6.07) is 6.56. The molecular formula is C17H20N4O7S. The maximum atomic E-state index is 11.4. The molecule has 11 nitrogen and oxygen atoms in total. The van der Waals surface area contributed by atoms with Gasteiger partial charge in [-0.1, -0.05) is 0 Å². The quantitative estimate of drug-likeness (QED) is 0.371. The molecule has 0 atom stereocenters. The first-order chi connectivity index (χ1) is 13.6. The van der Waals surface area contributed by atoms with Crippen molar-refractivity contribution in [3.8, 4) is 17.2 Å². The Morgan fingerprint density at radius 1 is 1.10 bits per heavy atom. The predicted octanol–water partition coefficient (Wildman–Crippen LogP) is 2.10. The lowest BCUT2D eigenvalue weighted by Gasteiger charge is -2.14. The third kappa shape index (κ3) is 4.92. The molecule has 0 saturated carbocycles. The molecule has 12 heteroatoms. The van der Waals surface area contributed by atoms with Gasteiger partial charge in [-0.3, -0.25) is 15.5 Å². The summed E-state index contributed by atoms with van der Waals surface area (Å²) >= 11 is 0. The number of methoxy groups -OCH3 is 3. The molecule has 2 aromatic carbocycles. The molecule has 0 aliphatic heterocycles. The summed E-state index contributed by atoms with van der Waals surface area (Å²) in [5.41, 5.74) is 3.14. The molecule has 0 aromatic heterocycles. The van der Waals surface area contributed by atoms with E-state index in [0.29, 0.717) is 28.5 Å². The van der Waals surface area contributed by atoms with Crippen molar-refractivity contribution in [3.05, 3.63) is 46.0 Å². The Bertz CT molecular complexity index is 1040. The number of nitrogens with one attached hydrogen (secondary N) is 1. The Morgan fingerprint density at radius 2 is 1.69 bits per heavy atom. The summed E-state index contributed by atoms with van der Waals surface area (Å²) < 4.78 is 38.7. The number of hydrogen-bond acceptors (Lipinski definition) is 9. The summed E-state index contributed by atoms with van der Waals surface area (Å²) in [6.07, 6.45) is 0. The van der Waals surface area contributed by atoms with Crippen LogP contribution in [0.2, 0.25) is 0 Å². The predicted molar refractivity (Wildman–Crippen MR) is 106 cm³/mol. The summed E-state index contributed by atoms with van der Waals surface area (Å²) in [5, 5.41) is 20.4. The van der Waals surface area contributed by atoms with Crippen LogP contribution in [0.1, 0.15) is 12.5 Å². The van der Waals surface area contributed by atoms with E-state index in [2.05, 4.69) is 10.5 Å². The van der Waals surface area contributed by atoms with Gasteiger partial charge in [0.15, 0.2) is 11.5 Å². The SMILES string of the molecule is COc1cc(/C(C)=N\Nc2ccc(S(N)(=O)=O)cc2[N+](=O)[O-])cc(OC)c1OC. The average Bonchev–Trinajstić information content (AvgIpc) is 2.69. The third-order valence-corrected chi connectivity index (χ3v) is 4.83. The van der Waals surface area contributed by atoms with E-state index in [1.54, 1.807) is 19.1 Å². The van der Waals surface area contributed by atoms with E-state index in [-0.39, 0.29) is 10.6 Å². The molecule has 0 heterocycles. The molecule has 0 aliphatic carbocycles. The highest BCUT2D eigenvalue weighted by Crippen LogP contribution is 2.38. The normalized spacial score (nSPS) is 11.7. The zero-order chi connectivity index (χ0) is 21.8. The molecule has 29 heavy (non-hydrogen) atoms. The van der Waals surface area contributed by atoms with Gasteiger partial charge in [-0.05, 0) is 31.2 Å².